The van der Waals surface area contributed by atoms with Gasteiger partial charge in [0.15, 0.2) is 11.5 Å². The number of hydrogen-bond acceptors (Lipinski definition) is 5. The van der Waals surface area contributed by atoms with Crippen molar-refractivity contribution in [2.24, 2.45) is 0 Å². The van der Waals surface area contributed by atoms with Crippen LogP contribution in [0.15, 0.2) is 36.4 Å². The summed E-state index contributed by atoms with van der Waals surface area (Å²) >= 11 is 12.1. The van der Waals surface area contributed by atoms with Crippen molar-refractivity contribution in [3.05, 3.63) is 57.6 Å². The number of benzene rings is 2. The fourth-order valence-corrected chi connectivity index (χ4v) is 3.49. The third kappa shape index (κ3) is 8.31. The minimum absolute atomic E-state index is 0. The van der Waals surface area contributed by atoms with Gasteiger partial charge in [-0.1, -0.05) is 35.3 Å². The molecule has 1 fully saturated rings. The fourth-order valence-electron chi connectivity index (χ4n) is 3.03. The van der Waals surface area contributed by atoms with Crippen LogP contribution in [-0.4, -0.2) is 51.4 Å². The SMILES string of the molecule is COc1cc(CNCCN2CCOCC2)ccc1OCc1ccc(Cl)cc1Cl.Cl.Cl. The Labute approximate surface area is 200 Å². The molecule has 9 heteroatoms. The first-order chi connectivity index (χ1) is 13.7. The van der Waals surface area contributed by atoms with Crippen LogP contribution in [0.3, 0.4) is 0 Å². The van der Waals surface area contributed by atoms with Gasteiger partial charge in [0, 0.05) is 48.3 Å². The van der Waals surface area contributed by atoms with Gasteiger partial charge < -0.3 is 19.5 Å². The summed E-state index contributed by atoms with van der Waals surface area (Å²) in [5, 5.41) is 4.68. The van der Waals surface area contributed by atoms with Crippen molar-refractivity contribution in [3.8, 4) is 11.5 Å². The van der Waals surface area contributed by atoms with E-state index in [4.69, 9.17) is 37.4 Å². The number of hydrogen-bond donors (Lipinski definition) is 1. The molecule has 5 nitrogen and oxygen atoms in total. The predicted octanol–water partition coefficient (Wildman–Crippen LogP) is 4.85. The largest absolute Gasteiger partial charge is 0.493 e. The predicted molar refractivity (Wildman–Crippen MR) is 127 cm³/mol. The molecule has 0 aliphatic carbocycles. The summed E-state index contributed by atoms with van der Waals surface area (Å²) in [4.78, 5) is 2.41. The van der Waals surface area contributed by atoms with Crippen LogP contribution in [0.25, 0.3) is 0 Å². The second-order valence-electron chi connectivity index (χ2n) is 6.64. The molecule has 0 aromatic heterocycles. The van der Waals surface area contributed by atoms with Gasteiger partial charge >= 0.3 is 0 Å². The molecule has 1 aliphatic heterocycles. The van der Waals surface area contributed by atoms with Crippen LogP contribution < -0.4 is 14.8 Å². The van der Waals surface area contributed by atoms with E-state index in [0.717, 1.165) is 57.1 Å². The lowest BCUT2D eigenvalue weighted by atomic mass is 10.2. The zero-order chi connectivity index (χ0) is 19.8. The number of ether oxygens (including phenoxy) is 3. The molecule has 168 valence electrons. The Morgan fingerprint density at radius 1 is 1.03 bits per heavy atom. The Hall–Kier alpha value is -0.920. The highest BCUT2D eigenvalue weighted by Gasteiger charge is 2.10. The number of nitrogens with zero attached hydrogens (tertiary/aromatic N) is 1. The van der Waals surface area contributed by atoms with Crippen molar-refractivity contribution in [2.45, 2.75) is 13.2 Å². The van der Waals surface area contributed by atoms with Gasteiger partial charge in [0.2, 0.25) is 0 Å². The molecule has 30 heavy (non-hydrogen) atoms. The molecule has 0 atom stereocenters. The van der Waals surface area contributed by atoms with Gasteiger partial charge in [0.05, 0.1) is 20.3 Å². The van der Waals surface area contributed by atoms with Crippen LogP contribution in [0.4, 0.5) is 0 Å². The highest BCUT2D eigenvalue weighted by molar-refractivity contribution is 6.35. The third-order valence-corrected chi connectivity index (χ3v) is 5.25. The topological polar surface area (TPSA) is 43.0 Å². The minimum atomic E-state index is 0. The first-order valence-electron chi connectivity index (χ1n) is 9.40. The summed E-state index contributed by atoms with van der Waals surface area (Å²) in [6.45, 7) is 6.80. The average molecular weight is 498 g/mol. The Bertz CT molecular complexity index is 774. The lowest BCUT2D eigenvalue weighted by Gasteiger charge is -2.26. The lowest BCUT2D eigenvalue weighted by molar-refractivity contribution is 0.0384. The van der Waals surface area contributed by atoms with Gasteiger partial charge in [0.25, 0.3) is 0 Å². The van der Waals surface area contributed by atoms with Crippen molar-refractivity contribution < 1.29 is 14.2 Å². The number of methoxy groups -OCH3 is 1. The molecule has 1 aliphatic rings. The summed E-state index contributed by atoms with van der Waals surface area (Å²) < 4.78 is 16.8. The zero-order valence-corrected chi connectivity index (χ0v) is 20.0. The number of nitrogens with one attached hydrogen (secondary N) is 1. The Morgan fingerprint density at radius 2 is 1.80 bits per heavy atom. The maximum Gasteiger partial charge on any atom is 0.161 e. The standard InChI is InChI=1S/C21H26Cl2N2O3.2ClH/c1-26-21-12-16(14-24-6-7-25-8-10-27-11-9-25)2-5-20(21)28-15-17-3-4-18(22)13-19(17)23;;/h2-5,12-13,24H,6-11,14-15H2,1H3;2*1H. The van der Waals surface area contributed by atoms with E-state index < -0.39 is 0 Å². The van der Waals surface area contributed by atoms with Gasteiger partial charge in [-0.2, -0.15) is 0 Å². The van der Waals surface area contributed by atoms with Crippen molar-refractivity contribution in [3.63, 3.8) is 0 Å². The van der Waals surface area contributed by atoms with Crippen LogP contribution in [0.5, 0.6) is 11.5 Å². The van der Waals surface area contributed by atoms with Gasteiger partial charge in [-0.05, 0) is 29.8 Å². The molecule has 2 aromatic rings. The van der Waals surface area contributed by atoms with E-state index in [0.29, 0.717) is 28.2 Å². The monoisotopic (exact) mass is 496 g/mol. The van der Waals surface area contributed by atoms with Crippen LogP contribution in [-0.2, 0) is 17.9 Å². The van der Waals surface area contributed by atoms with E-state index in [2.05, 4.69) is 10.2 Å². The first-order valence-corrected chi connectivity index (χ1v) is 10.2. The Balaban J connectivity index is 0.00000225. The average Bonchev–Trinajstić information content (AvgIpc) is 2.72. The molecule has 0 unspecified atom stereocenters. The molecule has 0 amide bonds. The van der Waals surface area contributed by atoms with Crippen molar-refractivity contribution in [1.82, 2.24) is 10.2 Å². The van der Waals surface area contributed by atoms with Gasteiger partial charge in [-0.3, -0.25) is 4.90 Å². The van der Waals surface area contributed by atoms with Crippen molar-refractivity contribution in [2.75, 3.05) is 46.5 Å². The van der Waals surface area contributed by atoms with E-state index in [-0.39, 0.29) is 24.8 Å². The van der Waals surface area contributed by atoms with E-state index >= 15 is 0 Å². The molecule has 0 bridgehead atoms. The van der Waals surface area contributed by atoms with Crippen LogP contribution in [0.2, 0.25) is 10.0 Å². The lowest BCUT2D eigenvalue weighted by Crippen LogP contribution is -2.40. The maximum absolute atomic E-state index is 6.21. The molecular weight excluding hydrogens is 470 g/mol. The van der Waals surface area contributed by atoms with Crippen LogP contribution in [0, 0.1) is 0 Å². The van der Waals surface area contributed by atoms with Gasteiger partial charge in [0.1, 0.15) is 6.61 Å². The molecule has 2 aromatic carbocycles. The first kappa shape index (κ1) is 27.1. The second-order valence-corrected chi connectivity index (χ2v) is 7.48. The number of morpholine rings is 1. The summed E-state index contributed by atoms with van der Waals surface area (Å²) in [6.07, 6.45) is 0. The summed E-state index contributed by atoms with van der Waals surface area (Å²) in [6, 6.07) is 11.4. The normalized spacial score (nSPS) is 13.8. The maximum atomic E-state index is 6.21. The third-order valence-electron chi connectivity index (χ3n) is 4.66. The minimum Gasteiger partial charge on any atom is -0.493 e. The summed E-state index contributed by atoms with van der Waals surface area (Å²) in [7, 11) is 1.65. The zero-order valence-electron chi connectivity index (χ0n) is 16.9. The smallest absolute Gasteiger partial charge is 0.161 e. The van der Waals surface area contributed by atoms with Gasteiger partial charge in [-0.15, -0.1) is 24.8 Å². The number of rotatable bonds is 9. The van der Waals surface area contributed by atoms with Crippen molar-refractivity contribution >= 4 is 48.0 Å². The molecule has 0 spiro atoms. The second kappa shape index (κ2) is 14.2. The van der Waals surface area contributed by atoms with E-state index in [9.17, 15) is 0 Å². The Morgan fingerprint density at radius 3 is 2.50 bits per heavy atom. The summed E-state index contributed by atoms with van der Waals surface area (Å²) in [5.41, 5.74) is 2.03. The van der Waals surface area contributed by atoms with Crippen LogP contribution in [0.1, 0.15) is 11.1 Å². The Kier molecular flexibility index (Phi) is 12.8. The number of halogens is 4. The van der Waals surface area contributed by atoms with Crippen LogP contribution >= 0.6 is 48.0 Å². The molecule has 3 rings (SSSR count). The molecular formula is C21H28Cl4N2O3. The van der Waals surface area contributed by atoms with E-state index in [1.807, 2.05) is 24.3 Å². The van der Waals surface area contributed by atoms with E-state index in [1.54, 1.807) is 19.2 Å². The molecule has 0 radical (unpaired) electrons. The highest BCUT2D eigenvalue weighted by Crippen LogP contribution is 2.30. The molecule has 0 saturated carbocycles. The fraction of sp³-hybridized carbons (Fsp3) is 0.429. The van der Waals surface area contributed by atoms with Crippen molar-refractivity contribution in [1.29, 1.82) is 0 Å². The quantitative estimate of drug-likeness (QED) is 0.502. The van der Waals surface area contributed by atoms with E-state index in [1.165, 1.54) is 0 Å². The molecule has 1 heterocycles. The molecule has 1 saturated heterocycles. The highest BCUT2D eigenvalue weighted by atomic mass is 35.5. The van der Waals surface area contributed by atoms with Gasteiger partial charge in [-0.25, -0.2) is 0 Å². The molecule has 1 N–H and O–H groups in total. The summed E-state index contributed by atoms with van der Waals surface area (Å²) in [5.74, 6) is 1.39.